The van der Waals surface area contributed by atoms with Gasteiger partial charge in [0.25, 0.3) is 0 Å². The molecule has 1 aromatic carbocycles. The predicted octanol–water partition coefficient (Wildman–Crippen LogP) is 4.85. The first-order valence-corrected chi connectivity index (χ1v) is 11.6. The number of carbonyl (C=O) groups is 2. The first-order valence-electron chi connectivity index (χ1n) is 11.6. The lowest BCUT2D eigenvalue weighted by molar-refractivity contribution is -0.137. The number of hydrogen-bond acceptors (Lipinski definition) is 6. The van der Waals surface area contributed by atoms with Crippen LogP contribution in [-0.4, -0.2) is 27.8 Å². The zero-order valence-electron chi connectivity index (χ0n) is 18.8. The molecule has 0 radical (unpaired) electrons. The number of rotatable bonds is 6. The molecule has 2 aliphatic heterocycles. The number of benzene rings is 1. The molecular formula is C26H20F3N3O4. The number of nitrogens with one attached hydrogen (secondary N) is 1. The van der Waals surface area contributed by atoms with Crippen molar-refractivity contribution in [3.63, 3.8) is 0 Å². The Labute approximate surface area is 203 Å². The van der Waals surface area contributed by atoms with Gasteiger partial charge in [0.15, 0.2) is 0 Å². The maximum atomic E-state index is 12.7. The molecular weight excluding hydrogens is 475 g/mol. The summed E-state index contributed by atoms with van der Waals surface area (Å²) in [5, 5.41) is 2.76. The molecule has 4 heterocycles. The molecule has 1 aliphatic carbocycles. The van der Waals surface area contributed by atoms with Gasteiger partial charge in [-0.25, -0.2) is 4.98 Å². The molecule has 7 nitrogen and oxygen atoms in total. The Balaban J connectivity index is 1.11. The molecule has 36 heavy (non-hydrogen) atoms. The van der Waals surface area contributed by atoms with E-state index in [1.807, 2.05) is 18.2 Å². The van der Waals surface area contributed by atoms with Crippen LogP contribution in [0.3, 0.4) is 0 Å². The number of alkyl halides is 3. The summed E-state index contributed by atoms with van der Waals surface area (Å²) in [4.78, 5) is 32.2. The summed E-state index contributed by atoms with van der Waals surface area (Å²) in [5.41, 5.74) is 1.29. The fourth-order valence-corrected chi connectivity index (χ4v) is 4.97. The monoisotopic (exact) mass is 495 g/mol. The number of carbonyl (C=O) groups excluding carboxylic acids is 2. The van der Waals surface area contributed by atoms with E-state index in [1.54, 1.807) is 12.3 Å². The maximum absolute atomic E-state index is 12.7. The number of Topliss-reactive ketones (excluding diaryl/α,β-unsaturated/α-hetero) is 1. The van der Waals surface area contributed by atoms with Crippen LogP contribution in [0.25, 0.3) is 0 Å². The number of pyridine rings is 2. The van der Waals surface area contributed by atoms with Crippen molar-refractivity contribution >= 4 is 17.5 Å². The lowest BCUT2D eigenvalue weighted by Gasteiger charge is -2.19. The number of aromatic nitrogens is 2. The summed E-state index contributed by atoms with van der Waals surface area (Å²) in [6, 6.07) is 9.52. The summed E-state index contributed by atoms with van der Waals surface area (Å²) in [5.74, 6) is 2.43. The Hall–Kier alpha value is -3.95. The standard InChI is InChI=1S/C26H20F3N3O4/c27-26(28,29)13-1-2-14(31-12-13)9-15(33)10-19-23-18-11-16(3-5-20(18)36-24(19)23)35-21-7-8-30-25-17(21)4-6-22(34)32-25/h1-3,5,7-8,11-12,19,23-24H,4,6,9-10H2,(H,30,32,34)/t19-,23-,24+/m0/s1. The van der Waals surface area contributed by atoms with Crippen molar-refractivity contribution in [3.8, 4) is 17.2 Å². The number of ether oxygens (including phenoxy) is 2. The molecule has 2 aromatic heterocycles. The molecule has 3 aromatic rings. The molecule has 184 valence electrons. The van der Waals surface area contributed by atoms with Crippen molar-refractivity contribution in [2.45, 2.75) is 43.9 Å². The SMILES string of the molecule is O=C(Cc1ccc(C(F)(F)F)cn1)C[C@@H]1[C@H]2Oc3ccc(Oc4ccnc5c4CCC(=O)N5)cc3[C@@H]12. The average Bonchev–Trinajstić information content (AvgIpc) is 3.34. The van der Waals surface area contributed by atoms with E-state index in [4.69, 9.17) is 9.47 Å². The molecule has 0 bridgehead atoms. The third kappa shape index (κ3) is 4.16. The second-order valence-electron chi connectivity index (χ2n) is 9.21. The van der Waals surface area contributed by atoms with E-state index in [1.165, 1.54) is 6.07 Å². The van der Waals surface area contributed by atoms with Crippen LogP contribution >= 0.6 is 0 Å². The summed E-state index contributed by atoms with van der Waals surface area (Å²) in [6.07, 6.45) is -1.06. The van der Waals surface area contributed by atoms with Gasteiger partial charge in [0.2, 0.25) is 5.91 Å². The fraction of sp³-hybridized carbons (Fsp3) is 0.308. The summed E-state index contributed by atoms with van der Waals surface area (Å²) >= 11 is 0. The number of ketones is 1. The van der Waals surface area contributed by atoms with E-state index >= 15 is 0 Å². The van der Waals surface area contributed by atoms with Gasteiger partial charge in [-0.15, -0.1) is 0 Å². The Bertz CT molecular complexity index is 1370. The van der Waals surface area contributed by atoms with Crippen LogP contribution in [0.15, 0.2) is 48.8 Å². The van der Waals surface area contributed by atoms with Crippen molar-refractivity contribution in [3.05, 3.63) is 71.2 Å². The van der Waals surface area contributed by atoms with Gasteiger partial charge < -0.3 is 14.8 Å². The van der Waals surface area contributed by atoms with Gasteiger partial charge in [-0.2, -0.15) is 13.2 Å². The van der Waals surface area contributed by atoms with Gasteiger partial charge in [-0.1, -0.05) is 0 Å². The van der Waals surface area contributed by atoms with Gasteiger partial charge >= 0.3 is 6.18 Å². The number of fused-ring (bicyclic) bond motifs is 4. The molecule has 10 heteroatoms. The molecule has 6 rings (SSSR count). The van der Waals surface area contributed by atoms with Gasteiger partial charge in [-0.05, 0) is 42.8 Å². The van der Waals surface area contributed by atoms with E-state index in [0.717, 1.165) is 29.1 Å². The van der Waals surface area contributed by atoms with Crippen molar-refractivity contribution in [2.75, 3.05) is 5.32 Å². The van der Waals surface area contributed by atoms with Gasteiger partial charge in [0.1, 0.15) is 35.0 Å². The van der Waals surface area contributed by atoms with Crippen LogP contribution in [-0.2, 0) is 28.6 Å². The number of anilines is 1. The lowest BCUT2D eigenvalue weighted by atomic mass is 10.0. The Morgan fingerprint density at radius 3 is 2.78 bits per heavy atom. The first-order chi connectivity index (χ1) is 17.3. The normalized spacial score (nSPS) is 21.5. The number of nitrogens with zero attached hydrogens (tertiary/aromatic N) is 2. The van der Waals surface area contributed by atoms with Crippen LogP contribution in [0, 0.1) is 5.92 Å². The molecule has 0 spiro atoms. The highest BCUT2D eigenvalue weighted by atomic mass is 19.4. The molecule has 1 fully saturated rings. The second kappa shape index (κ2) is 8.32. The van der Waals surface area contributed by atoms with Crippen LogP contribution in [0.1, 0.15) is 41.1 Å². The topological polar surface area (TPSA) is 90.4 Å². The third-order valence-electron chi connectivity index (χ3n) is 6.79. The van der Waals surface area contributed by atoms with E-state index in [0.29, 0.717) is 35.9 Å². The van der Waals surface area contributed by atoms with Crippen LogP contribution in [0.2, 0.25) is 0 Å². The highest BCUT2D eigenvalue weighted by Gasteiger charge is 2.59. The van der Waals surface area contributed by atoms with Crippen LogP contribution < -0.4 is 14.8 Å². The van der Waals surface area contributed by atoms with E-state index in [9.17, 15) is 22.8 Å². The smallest absolute Gasteiger partial charge is 0.417 e. The van der Waals surface area contributed by atoms with Crippen molar-refractivity contribution < 1.29 is 32.2 Å². The van der Waals surface area contributed by atoms with Gasteiger partial charge in [0, 0.05) is 60.3 Å². The quantitative estimate of drug-likeness (QED) is 0.526. The maximum Gasteiger partial charge on any atom is 0.417 e. The minimum atomic E-state index is -4.46. The van der Waals surface area contributed by atoms with Crippen molar-refractivity contribution in [1.29, 1.82) is 0 Å². The summed E-state index contributed by atoms with van der Waals surface area (Å²) in [6.45, 7) is 0. The molecule has 0 unspecified atom stereocenters. The Morgan fingerprint density at radius 2 is 2.00 bits per heavy atom. The van der Waals surface area contributed by atoms with E-state index < -0.39 is 11.7 Å². The molecule has 3 atom stereocenters. The van der Waals surface area contributed by atoms with E-state index in [-0.39, 0.29) is 42.5 Å². The zero-order chi connectivity index (χ0) is 25.0. The fourth-order valence-electron chi connectivity index (χ4n) is 4.97. The predicted molar refractivity (Wildman–Crippen MR) is 121 cm³/mol. The summed E-state index contributed by atoms with van der Waals surface area (Å²) < 4.78 is 50.3. The molecule has 1 N–H and O–H groups in total. The molecule has 1 amide bonds. The largest absolute Gasteiger partial charge is 0.489 e. The van der Waals surface area contributed by atoms with Crippen LogP contribution in [0.4, 0.5) is 19.0 Å². The summed E-state index contributed by atoms with van der Waals surface area (Å²) in [7, 11) is 0. The highest BCUT2D eigenvalue weighted by Crippen LogP contribution is 2.60. The number of hydrogen-bond donors (Lipinski definition) is 1. The Morgan fingerprint density at radius 1 is 1.14 bits per heavy atom. The number of amides is 1. The minimum Gasteiger partial charge on any atom is -0.489 e. The molecule has 0 saturated heterocycles. The van der Waals surface area contributed by atoms with Crippen LogP contribution in [0.5, 0.6) is 17.2 Å². The second-order valence-corrected chi connectivity index (χ2v) is 9.21. The molecule has 3 aliphatic rings. The van der Waals surface area contributed by atoms with E-state index in [2.05, 4.69) is 15.3 Å². The average molecular weight is 495 g/mol. The van der Waals surface area contributed by atoms with Crippen molar-refractivity contribution in [1.82, 2.24) is 9.97 Å². The molecule has 1 saturated carbocycles. The zero-order valence-corrected chi connectivity index (χ0v) is 18.8. The first kappa shape index (κ1) is 22.5. The van der Waals surface area contributed by atoms with Gasteiger partial charge in [0.05, 0.1) is 5.56 Å². The third-order valence-corrected chi connectivity index (χ3v) is 6.79. The minimum absolute atomic E-state index is 0.0126. The lowest BCUT2D eigenvalue weighted by Crippen LogP contribution is -2.20. The Kier molecular flexibility index (Phi) is 5.20. The van der Waals surface area contributed by atoms with Gasteiger partial charge in [-0.3, -0.25) is 14.6 Å². The van der Waals surface area contributed by atoms with Crippen molar-refractivity contribution in [2.24, 2.45) is 5.92 Å². The highest BCUT2D eigenvalue weighted by molar-refractivity contribution is 5.93. The number of halogens is 3.